The molecule has 0 saturated heterocycles. The molecule has 0 unspecified atom stereocenters. The lowest BCUT2D eigenvalue weighted by molar-refractivity contribution is 0.446. The molecule has 0 radical (unpaired) electrons. The molecule has 0 fully saturated rings. The predicted molar refractivity (Wildman–Crippen MR) is 96.8 cm³/mol. The number of halogens is 1. The Balaban J connectivity index is 2.02. The molecule has 116 valence electrons. The van der Waals surface area contributed by atoms with E-state index in [0.29, 0.717) is 0 Å². The largest absolute Gasteiger partial charge is 0.466 e. The average Bonchev–Trinajstić information content (AvgIpc) is 2.90. The third-order valence-electron chi connectivity index (χ3n) is 3.80. The van der Waals surface area contributed by atoms with Gasteiger partial charge in [-0.05, 0) is 35.8 Å². The van der Waals surface area contributed by atoms with Crippen LogP contribution >= 0.6 is 22.6 Å². The molecule has 0 amide bonds. The molecule has 2 heteroatoms. The number of hydrogen-bond donors (Lipinski definition) is 0. The Kier molecular flexibility index (Phi) is 11.5. The predicted octanol–water partition coefficient (Wildman–Crippen LogP) is 6.72. The van der Waals surface area contributed by atoms with Crippen molar-refractivity contribution in [1.29, 1.82) is 0 Å². The highest BCUT2D eigenvalue weighted by molar-refractivity contribution is 14.1. The van der Waals surface area contributed by atoms with Crippen molar-refractivity contribution in [1.82, 2.24) is 0 Å². The molecule has 0 saturated carbocycles. The van der Waals surface area contributed by atoms with Crippen LogP contribution in [0.5, 0.6) is 0 Å². The third kappa shape index (κ3) is 9.04. The minimum Gasteiger partial charge on any atom is -0.466 e. The lowest BCUT2D eigenvalue weighted by atomic mass is 10.1. The topological polar surface area (TPSA) is 13.1 Å². The van der Waals surface area contributed by atoms with E-state index in [9.17, 15) is 0 Å². The Morgan fingerprint density at radius 1 is 0.750 bits per heavy atom. The van der Waals surface area contributed by atoms with Crippen molar-refractivity contribution in [2.75, 3.05) is 4.43 Å². The fourth-order valence-electron chi connectivity index (χ4n) is 2.52. The van der Waals surface area contributed by atoms with Crippen LogP contribution < -0.4 is 0 Å². The monoisotopic (exact) mass is 390 g/mol. The molecule has 1 rings (SSSR count). The SMILES string of the molecule is CCCCCCc1ccc(CCCCCCCCI)o1. The van der Waals surface area contributed by atoms with Crippen LogP contribution in [0.4, 0.5) is 0 Å². The molecule has 1 aromatic rings. The maximum absolute atomic E-state index is 5.91. The van der Waals surface area contributed by atoms with Gasteiger partial charge in [0, 0.05) is 12.8 Å². The van der Waals surface area contributed by atoms with E-state index in [4.69, 9.17) is 4.42 Å². The number of unbranched alkanes of at least 4 members (excludes halogenated alkanes) is 8. The Morgan fingerprint density at radius 2 is 1.25 bits per heavy atom. The normalized spacial score (nSPS) is 11.1. The molecule has 0 aliphatic heterocycles. The van der Waals surface area contributed by atoms with Crippen molar-refractivity contribution in [3.63, 3.8) is 0 Å². The maximum Gasteiger partial charge on any atom is 0.104 e. The maximum atomic E-state index is 5.91. The molecule has 0 N–H and O–H groups in total. The van der Waals surface area contributed by atoms with Crippen LogP contribution in [0, 0.1) is 0 Å². The van der Waals surface area contributed by atoms with Crippen molar-refractivity contribution >= 4 is 22.6 Å². The molecular weight excluding hydrogens is 359 g/mol. The molecule has 0 spiro atoms. The molecule has 1 aromatic heterocycles. The van der Waals surface area contributed by atoms with Gasteiger partial charge in [-0.25, -0.2) is 0 Å². The van der Waals surface area contributed by atoms with Crippen molar-refractivity contribution in [3.05, 3.63) is 23.7 Å². The van der Waals surface area contributed by atoms with Gasteiger partial charge in [0.1, 0.15) is 11.5 Å². The summed E-state index contributed by atoms with van der Waals surface area (Å²) in [7, 11) is 0. The third-order valence-corrected chi connectivity index (χ3v) is 4.56. The first kappa shape index (κ1) is 18.1. The molecule has 0 atom stereocenters. The standard InChI is InChI=1S/C18H31IO/c1-2-3-4-9-12-17-14-15-18(20-17)13-10-7-5-6-8-11-16-19/h14-15H,2-13,16H2,1H3. The smallest absolute Gasteiger partial charge is 0.104 e. The van der Waals surface area contributed by atoms with Crippen molar-refractivity contribution in [3.8, 4) is 0 Å². The zero-order valence-electron chi connectivity index (χ0n) is 13.1. The van der Waals surface area contributed by atoms with Crippen LogP contribution in [0.25, 0.3) is 0 Å². The average molecular weight is 390 g/mol. The second-order valence-corrected chi connectivity index (χ2v) is 6.82. The van der Waals surface area contributed by atoms with Crippen LogP contribution in [0.2, 0.25) is 0 Å². The van der Waals surface area contributed by atoms with E-state index < -0.39 is 0 Å². The summed E-state index contributed by atoms with van der Waals surface area (Å²) in [5.41, 5.74) is 0. The van der Waals surface area contributed by atoms with E-state index in [1.165, 1.54) is 80.2 Å². The Labute approximate surface area is 139 Å². The molecule has 0 bridgehead atoms. The summed E-state index contributed by atoms with van der Waals surface area (Å²) in [6.07, 6.45) is 15.8. The molecule has 1 nitrogen and oxygen atoms in total. The summed E-state index contributed by atoms with van der Waals surface area (Å²) in [6.45, 7) is 2.26. The van der Waals surface area contributed by atoms with E-state index in [-0.39, 0.29) is 0 Å². The molecule has 0 aliphatic rings. The summed E-state index contributed by atoms with van der Waals surface area (Å²) < 4.78 is 7.22. The summed E-state index contributed by atoms with van der Waals surface area (Å²) >= 11 is 2.47. The quantitative estimate of drug-likeness (QED) is 0.207. The highest BCUT2D eigenvalue weighted by Crippen LogP contribution is 2.15. The van der Waals surface area contributed by atoms with E-state index in [0.717, 1.165) is 12.8 Å². The molecule has 1 heterocycles. The first-order valence-electron chi connectivity index (χ1n) is 8.50. The van der Waals surface area contributed by atoms with Gasteiger partial charge < -0.3 is 4.42 Å². The zero-order chi connectivity index (χ0) is 14.5. The summed E-state index contributed by atoms with van der Waals surface area (Å²) in [5.74, 6) is 2.39. The van der Waals surface area contributed by atoms with Crippen LogP contribution in [0.1, 0.15) is 82.7 Å². The minimum atomic E-state index is 1.12. The Hall–Kier alpha value is 0.01000. The van der Waals surface area contributed by atoms with Crippen molar-refractivity contribution < 1.29 is 4.42 Å². The Morgan fingerprint density at radius 3 is 1.80 bits per heavy atom. The van der Waals surface area contributed by atoms with Gasteiger partial charge in [0.2, 0.25) is 0 Å². The van der Waals surface area contributed by atoms with Gasteiger partial charge in [-0.15, -0.1) is 0 Å². The van der Waals surface area contributed by atoms with E-state index in [2.05, 4.69) is 41.6 Å². The first-order chi connectivity index (χ1) is 9.86. The van der Waals surface area contributed by atoms with Crippen LogP contribution in [-0.2, 0) is 12.8 Å². The summed E-state index contributed by atoms with van der Waals surface area (Å²) in [6, 6.07) is 4.37. The second-order valence-electron chi connectivity index (χ2n) is 5.74. The summed E-state index contributed by atoms with van der Waals surface area (Å²) in [4.78, 5) is 0. The Bertz CT molecular complexity index is 319. The molecule has 0 aliphatic carbocycles. The number of aryl methyl sites for hydroxylation is 2. The van der Waals surface area contributed by atoms with Crippen molar-refractivity contribution in [2.24, 2.45) is 0 Å². The molecule has 20 heavy (non-hydrogen) atoms. The minimum absolute atomic E-state index is 1.12. The van der Waals surface area contributed by atoms with Crippen LogP contribution in [-0.4, -0.2) is 4.43 Å². The van der Waals surface area contributed by atoms with Gasteiger partial charge in [0.15, 0.2) is 0 Å². The lowest BCUT2D eigenvalue weighted by Crippen LogP contribution is -1.85. The van der Waals surface area contributed by atoms with Crippen LogP contribution in [0.15, 0.2) is 16.5 Å². The van der Waals surface area contributed by atoms with Gasteiger partial charge >= 0.3 is 0 Å². The fraction of sp³-hybridized carbons (Fsp3) is 0.778. The van der Waals surface area contributed by atoms with E-state index in [1.807, 2.05) is 0 Å². The van der Waals surface area contributed by atoms with Gasteiger partial charge in [-0.3, -0.25) is 0 Å². The zero-order valence-corrected chi connectivity index (χ0v) is 15.3. The number of rotatable bonds is 13. The molecular formula is C18H31IO. The van der Waals surface area contributed by atoms with Gasteiger partial charge in [0.25, 0.3) is 0 Å². The van der Waals surface area contributed by atoms with Gasteiger partial charge in [-0.2, -0.15) is 0 Å². The highest BCUT2D eigenvalue weighted by atomic mass is 127. The number of hydrogen-bond acceptors (Lipinski definition) is 1. The van der Waals surface area contributed by atoms with Crippen molar-refractivity contribution in [2.45, 2.75) is 84.0 Å². The van der Waals surface area contributed by atoms with Gasteiger partial charge in [0.05, 0.1) is 0 Å². The molecule has 0 aromatic carbocycles. The first-order valence-corrected chi connectivity index (χ1v) is 10.0. The fourth-order valence-corrected chi connectivity index (χ4v) is 3.06. The highest BCUT2D eigenvalue weighted by Gasteiger charge is 2.02. The summed E-state index contributed by atoms with van der Waals surface area (Å²) in [5, 5.41) is 0. The number of alkyl halides is 1. The van der Waals surface area contributed by atoms with Crippen LogP contribution in [0.3, 0.4) is 0 Å². The van der Waals surface area contributed by atoms with E-state index in [1.54, 1.807) is 0 Å². The second kappa shape index (κ2) is 12.7. The van der Waals surface area contributed by atoms with Gasteiger partial charge in [-0.1, -0.05) is 74.5 Å². The van der Waals surface area contributed by atoms with E-state index >= 15 is 0 Å². The lowest BCUT2D eigenvalue weighted by Gasteiger charge is -2.00. The number of furan rings is 1.